The molecule has 2 N–H and O–H groups in total. The van der Waals surface area contributed by atoms with Gasteiger partial charge in [-0.1, -0.05) is 23.7 Å². The summed E-state index contributed by atoms with van der Waals surface area (Å²) in [6.45, 7) is 1.26. The lowest BCUT2D eigenvalue weighted by molar-refractivity contribution is 0.819. The molecule has 0 bridgehead atoms. The van der Waals surface area contributed by atoms with Crippen molar-refractivity contribution in [3.63, 3.8) is 0 Å². The Kier molecular flexibility index (Phi) is 3.23. The van der Waals surface area contributed by atoms with E-state index in [-0.39, 0.29) is 0 Å². The molecule has 1 aromatic carbocycles. The number of hydrogen-bond acceptors (Lipinski definition) is 2. The maximum absolute atomic E-state index is 6.02. The number of halogens is 1. The predicted molar refractivity (Wildman–Crippen MR) is 78.2 cm³/mol. The van der Waals surface area contributed by atoms with Crippen molar-refractivity contribution in [3.05, 3.63) is 64.9 Å². The molecule has 19 heavy (non-hydrogen) atoms. The summed E-state index contributed by atoms with van der Waals surface area (Å²) in [4.78, 5) is 4.44. The maximum atomic E-state index is 6.02. The second kappa shape index (κ2) is 5.03. The van der Waals surface area contributed by atoms with Gasteiger partial charge in [-0.25, -0.2) is 4.98 Å². The lowest BCUT2D eigenvalue weighted by atomic mass is 10.2. The fourth-order valence-corrected chi connectivity index (χ4v) is 2.52. The zero-order chi connectivity index (χ0) is 13.2. The van der Waals surface area contributed by atoms with Gasteiger partial charge in [-0.2, -0.15) is 0 Å². The number of aromatic nitrogens is 2. The molecule has 2 heterocycles. The molecule has 0 amide bonds. The van der Waals surface area contributed by atoms with Gasteiger partial charge in [0, 0.05) is 35.9 Å². The van der Waals surface area contributed by atoms with E-state index in [4.69, 9.17) is 17.3 Å². The molecule has 0 aliphatic carbocycles. The van der Waals surface area contributed by atoms with E-state index in [0.29, 0.717) is 6.54 Å². The van der Waals surface area contributed by atoms with Gasteiger partial charge in [-0.3, -0.25) is 0 Å². The molecular formula is C15H14ClN3. The monoisotopic (exact) mass is 271 g/mol. The van der Waals surface area contributed by atoms with Crippen molar-refractivity contribution < 1.29 is 0 Å². The average Bonchev–Trinajstić information content (AvgIpc) is 2.77. The number of nitrogens with two attached hydrogens (primary N) is 1. The molecule has 3 rings (SSSR count). The Hall–Kier alpha value is -1.84. The molecule has 0 atom stereocenters. The van der Waals surface area contributed by atoms with Crippen LogP contribution in [0.15, 0.2) is 48.8 Å². The van der Waals surface area contributed by atoms with Crippen LogP contribution in [0.4, 0.5) is 0 Å². The second-order valence-corrected chi connectivity index (χ2v) is 4.93. The Balaban J connectivity index is 2.06. The quantitative estimate of drug-likeness (QED) is 0.795. The van der Waals surface area contributed by atoms with Crippen LogP contribution in [0, 0.1) is 0 Å². The topological polar surface area (TPSA) is 43.8 Å². The first-order valence-corrected chi connectivity index (χ1v) is 6.53. The summed E-state index contributed by atoms with van der Waals surface area (Å²) in [6.07, 6.45) is 3.87. The normalized spacial score (nSPS) is 11.1. The van der Waals surface area contributed by atoms with Gasteiger partial charge in [0.05, 0.1) is 0 Å². The van der Waals surface area contributed by atoms with Gasteiger partial charge in [0.1, 0.15) is 5.65 Å². The Morgan fingerprint density at radius 3 is 2.89 bits per heavy atom. The van der Waals surface area contributed by atoms with Gasteiger partial charge >= 0.3 is 0 Å². The van der Waals surface area contributed by atoms with Crippen LogP contribution in [0.5, 0.6) is 0 Å². The van der Waals surface area contributed by atoms with Crippen molar-refractivity contribution in [1.82, 2.24) is 9.55 Å². The second-order valence-electron chi connectivity index (χ2n) is 4.49. The van der Waals surface area contributed by atoms with Crippen LogP contribution in [-0.4, -0.2) is 9.55 Å². The summed E-state index contributed by atoms with van der Waals surface area (Å²) in [5, 5.41) is 1.87. The van der Waals surface area contributed by atoms with Crippen LogP contribution in [-0.2, 0) is 13.1 Å². The molecule has 4 heteroatoms. The van der Waals surface area contributed by atoms with Crippen LogP contribution < -0.4 is 5.73 Å². The number of pyridine rings is 1. The Bertz CT molecular complexity index is 718. The first-order chi connectivity index (χ1) is 9.28. The van der Waals surface area contributed by atoms with E-state index in [1.807, 2.05) is 24.3 Å². The van der Waals surface area contributed by atoms with Crippen molar-refractivity contribution in [1.29, 1.82) is 0 Å². The molecule has 2 aromatic heterocycles. The van der Waals surface area contributed by atoms with Crippen LogP contribution in [0.3, 0.4) is 0 Å². The SMILES string of the molecule is NCc1cn(Cc2cccc(Cl)c2)c2ncccc12. The summed E-state index contributed by atoms with van der Waals surface area (Å²) in [5.74, 6) is 0. The minimum absolute atomic E-state index is 0.519. The van der Waals surface area contributed by atoms with E-state index in [0.717, 1.165) is 33.7 Å². The molecule has 0 fully saturated rings. The highest BCUT2D eigenvalue weighted by Gasteiger charge is 2.08. The summed E-state index contributed by atoms with van der Waals surface area (Å²) < 4.78 is 2.11. The van der Waals surface area contributed by atoms with Crippen molar-refractivity contribution in [2.24, 2.45) is 5.73 Å². The average molecular weight is 272 g/mol. The standard InChI is InChI=1S/C15H14ClN3/c16-13-4-1-3-11(7-13)9-19-10-12(8-17)14-5-2-6-18-15(14)19/h1-7,10H,8-9,17H2. The van der Waals surface area contributed by atoms with Crippen molar-refractivity contribution in [2.75, 3.05) is 0 Å². The van der Waals surface area contributed by atoms with Gasteiger partial charge in [-0.15, -0.1) is 0 Å². The highest BCUT2D eigenvalue weighted by Crippen LogP contribution is 2.20. The smallest absolute Gasteiger partial charge is 0.140 e. The molecule has 0 radical (unpaired) electrons. The number of nitrogens with zero attached hydrogens (tertiary/aromatic N) is 2. The zero-order valence-electron chi connectivity index (χ0n) is 10.4. The van der Waals surface area contributed by atoms with Gasteiger partial charge in [0.25, 0.3) is 0 Å². The largest absolute Gasteiger partial charge is 0.328 e. The number of fused-ring (bicyclic) bond motifs is 1. The summed E-state index contributed by atoms with van der Waals surface area (Å²) in [7, 11) is 0. The highest BCUT2D eigenvalue weighted by molar-refractivity contribution is 6.30. The molecule has 0 unspecified atom stereocenters. The molecule has 0 aliphatic heterocycles. The predicted octanol–water partition coefficient (Wildman–Crippen LogP) is 3.20. The van der Waals surface area contributed by atoms with Crippen LogP contribution in [0.2, 0.25) is 5.02 Å². The number of benzene rings is 1. The first kappa shape index (κ1) is 12.2. The zero-order valence-corrected chi connectivity index (χ0v) is 11.1. The summed E-state index contributed by atoms with van der Waals surface area (Å²) in [6, 6.07) is 11.9. The van der Waals surface area contributed by atoms with Gasteiger partial charge in [0.15, 0.2) is 0 Å². The minimum atomic E-state index is 0.519. The molecule has 0 spiro atoms. The lowest BCUT2D eigenvalue weighted by Gasteiger charge is -2.05. The number of hydrogen-bond donors (Lipinski definition) is 1. The van der Waals surface area contributed by atoms with Crippen LogP contribution in [0.1, 0.15) is 11.1 Å². The van der Waals surface area contributed by atoms with Crippen molar-refractivity contribution in [3.8, 4) is 0 Å². The highest BCUT2D eigenvalue weighted by atomic mass is 35.5. The molecular weight excluding hydrogens is 258 g/mol. The Morgan fingerprint density at radius 2 is 2.11 bits per heavy atom. The summed E-state index contributed by atoms with van der Waals surface area (Å²) in [5.41, 5.74) is 9.01. The molecule has 0 saturated carbocycles. The van der Waals surface area contributed by atoms with Gasteiger partial charge < -0.3 is 10.3 Å². The fourth-order valence-electron chi connectivity index (χ4n) is 2.31. The third kappa shape index (κ3) is 2.35. The molecule has 0 aliphatic rings. The number of rotatable bonds is 3. The Labute approximate surface area is 116 Å². The van der Waals surface area contributed by atoms with Crippen molar-refractivity contribution in [2.45, 2.75) is 13.1 Å². The third-order valence-corrected chi connectivity index (χ3v) is 3.41. The third-order valence-electron chi connectivity index (χ3n) is 3.18. The van der Waals surface area contributed by atoms with E-state index in [9.17, 15) is 0 Å². The van der Waals surface area contributed by atoms with Gasteiger partial charge in [-0.05, 0) is 35.4 Å². The maximum Gasteiger partial charge on any atom is 0.140 e. The molecule has 3 aromatic rings. The molecule has 0 saturated heterocycles. The lowest BCUT2D eigenvalue weighted by Crippen LogP contribution is -1.99. The van der Waals surface area contributed by atoms with Crippen LogP contribution in [0.25, 0.3) is 11.0 Å². The summed E-state index contributed by atoms with van der Waals surface area (Å²) >= 11 is 6.02. The first-order valence-electron chi connectivity index (χ1n) is 6.15. The van der Waals surface area contributed by atoms with Gasteiger partial charge in [0.2, 0.25) is 0 Å². The van der Waals surface area contributed by atoms with Crippen LogP contribution >= 0.6 is 11.6 Å². The minimum Gasteiger partial charge on any atom is -0.328 e. The van der Waals surface area contributed by atoms with E-state index < -0.39 is 0 Å². The van der Waals surface area contributed by atoms with E-state index in [1.54, 1.807) is 6.20 Å². The molecule has 96 valence electrons. The molecule has 3 nitrogen and oxygen atoms in total. The Morgan fingerprint density at radius 1 is 1.21 bits per heavy atom. The van der Waals surface area contributed by atoms with E-state index >= 15 is 0 Å². The van der Waals surface area contributed by atoms with E-state index in [2.05, 4.69) is 27.9 Å². The van der Waals surface area contributed by atoms with Crippen molar-refractivity contribution >= 4 is 22.6 Å². The van der Waals surface area contributed by atoms with E-state index in [1.165, 1.54) is 0 Å². The fraction of sp³-hybridized carbons (Fsp3) is 0.133.